The lowest BCUT2D eigenvalue weighted by Crippen LogP contribution is -2.23. The molecule has 1 aromatic carbocycles. The molecule has 2 rings (SSSR count). The van der Waals surface area contributed by atoms with E-state index in [1.54, 1.807) is 19.1 Å². The van der Waals surface area contributed by atoms with Crippen LogP contribution in [-0.2, 0) is 6.18 Å². The van der Waals surface area contributed by atoms with Crippen molar-refractivity contribution >= 4 is 17.4 Å². The number of amides is 1. The number of benzene rings is 1. The van der Waals surface area contributed by atoms with Crippen molar-refractivity contribution < 1.29 is 18.0 Å². The summed E-state index contributed by atoms with van der Waals surface area (Å²) in [4.78, 5) is 15.9. The summed E-state index contributed by atoms with van der Waals surface area (Å²) >= 11 is 0. The quantitative estimate of drug-likeness (QED) is 0.907. The molecule has 0 aliphatic heterocycles. The van der Waals surface area contributed by atoms with Crippen molar-refractivity contribution in [1.29, 1.82) is 0 Å². The van der Waals surface area contributed by atoms with Gasteiger partial charge in [-0.3, -0.25) is 4.79 Å². The molecule has 116 valence electrons. The van der Waals surface area contributed by atoms with Crippen molar-refractivity contribution in [2.45, 2.75) is 13.1 Å². The van der Waals surface area contributed by atoms with Crippen molar-refractivity contribution in [3.05, 3.63) is 53.7 Å². The number of alkyl halides is 3. The van der Waals surface area contributed by atoms with Crippen LogP contribution in [0.5, 0.6) is 0 Å². The van der Waals surface area contributed by atoms with E-state index in [4.69, 9.17) is 0 Å². The average molecular weight is 309 g/mol. The van der Waals surface area contributed by atoms with Crippen LogP contribution >= 0.6 is 0 Å². The Labute approximate surface area is 125 Å². The summed E-state index contributed by atoms with van der Waals surface area (Å²) in [5.41, 5.74) is -0.297. The van der Waals surface area contributed by atoms with Crippen molar-refractivity contribution in [3.63, 3.8) is 0 Å². The Kier molecular flexibility index (Phi) is 4.65. The Hall–Kier alpha value is -2.57. The molecule has 22 heavy (non-hydrogen) atoms. The van der Waals surface area contributed by atoms with Crippen LogP contribution in [-0.4, -0.2) is 17.4 Å². The normalized spacial score (nSPS) is 11.1. The van der Waals surface area contributed by atoms with Gasteiger partial charge in [-0.2, -0.15) is 13.2 Å². The van der Waals surface area contributed by atoms with Crippen LogP contribution in [0.15, 0.2) is 42.6 Å². The maximum Gasteiger partial charge on any atom is 0.416 e. The van der Waals surface area contributed by atoms with E-state index in [1.165, 1.54) is 18.3 Å². The largest absolute Gasteiger partial charge is 0.416 e. The van der Waals surface area contributed by atoms with Crippen LogP contribution < -0.4 is 10.6 Å². The van der Waals surface area contributed by atoms with Crippen molar-refractivity contribution in [1.82, 2.24) is 10.3 Å². The summed E-state index contributed by atoms with van der Waals surface area (Å²) in [5, 5.41) is 5.38. The molecule has 1 aromatic heterocycles. The van der Waals surface area contributed by atoms with Gasteiger partial charge < -0.3 is 10.6 Å². The first kappa shape index (κ1) is 15.8. The Morgan fingerprint density at radius 3 is 2.68 bits per heavy atom. The van der Waals surface area contributed by atoms with E-state index < -0.39 is 11.7 Å². The average Bonchev–Trinajstić information content (AvgIpc) is 2.47. The first-order valence-corrected chi connectivity index (χ1v) is 6.59. The molecule has 0 saturated carbocycles. The molecule has 0 aliphatic rings. The zero-order valence-electron chi connectivity index (χ0n) is 11.7. The molecule has 0 bridgehead atoms. The van der Waals surface area contributed by atoms with Gasteiger partial charge in [0.15, 0.2) is 0 Å². The maximum absolute atomic E-state index is 12.7. The smallest absolute Gasteiger partial charge is 0.352 e. The fourth-order valence-corrected chi connectivity index (χ4v) is 1.85. The van der Waals surface area contributed by atoms with Gasteiger partial charge in [-0.1, -0.05) is 6.07 Å². The van der Waals surface area contributed by atoms with E-state index in [2.05, 4.69) is 15.6 Å². The number of hydrogen-bond acceptors (Lipinski definition) is 3. The molecule has 0 saturated heterocycles. The number of hydrogen-bond donors (Lipinski definition) is 2. The number of halogens is 3. The Morgan fingerprint density at radius 1 is 1.23 bits per heavy atom. The molecule has 1 amide bonds. The molecule has 2 aromatic rings. The first-order chi connectivity index (χ1) is 10.4. The lowest BCUT2D eigenvalue weighted by molar-refractivity contribution is -0.137. The molecule has 2 N–H and O–H groups in total. The third kappa shape index (κ3) is 3.75. The second kappa shape index (κ2) is 6.46. The van der Waals surface area contributed by atoms with E-state index in [1.807, 2.05) is 0 Å². The number of aromatic nitrogens is 1. The van der Waals surface area contributed by atoms with E-state index in [9.17, 15) is 18.0 Å². The second-order valence-electron chi connectivity index (χ2n) is 4.46. The molecule has 0 unspecified atom stereocenters. The molecule has 0 fully saturated rings. The number of carbonyl (C=O) groups is 1. The van der Waals surface area contributed by atoms with Crippen LogP contribution in [0.1, 0.15) is 22.8 Å². The van der Waals surface area contributed by atoms with Gasteiger partial charge in [-0.15, -0.1) is 0 Å². The number of pyridine rings is 1. The predicted octanol–water partition coefficient (Wildman–Crippen LogP) is 3.59. The van der Waals surface area contributed by atoms with E-state index in [0.29, 0.717) is 6.54 Å². The van der Waals surface area contributed by atoms with E-state index in [-0.39, 0.29) is 23.0 Å². The Balaban J connectivity index is 2.30. The molecule has 7 heteroatoms. The minimum atomic E-state index is -4.43. The predicted molar refractivity (Wildman–Crippen MR) is 77.0 cm³/mol. The van der Waals surface area contributed by atoms with Crippen molar-refractivity contribution in [2.75, 3.05) is 11.9 Å². The lowest BCUT2D eigenvalue weighted by Gasteiger charge is -2.12. The molecule has 0 atom stereocenters. The summed E-state index contributed by atoms with van der Waals surface area (Å²) in [5.74, 6) is -0.141. The zero-order chi connectivity index (χ0) is 16.2. The number of anilines is 2. The van der Waals surface area contributed by atoms with Gasteiger partial charge in [0.05, 0.1) is 11.1 Å². The van der Waals surface area contributed by atoms with Gasteiger partial charge in [0, 0.05) is 18.4 Å². The monoisotopic (exact) mass is 309 g/mol. The summed E-state index contributed by atoms with van der Waals surface area (Å²) < 4.78 is 38.1. The second-order valence-corrected chi connectivity index (χ2v) is 4.46. The van der Waals surface area contributed by atoms with Crippen molar-refractivity contribution in [3.8, 4) is 0 Å². The van der Waals surface area contributed by atoms with Gasteiger partial charge in [0.2, 0.25) is 0 Å². The number of rotatable bonds is 4. The van der Waals surface area contributed by atoms with Crippen LogP contribution in [0.25, 0.3) is 0 Å². The topological polar surface area (TPSA) is 54.0 Å². The Bertz CT molecular complexity index is 671. The van der Waals surface area contributed by atoms with Crippen LogP contribution in [0, 0.1) is 0 Å². The van der Waals surface area contributed by atoms with E-state index >= 15 is 0 Å². The third-order valence-corrected chi connectivity index (χ3v) is 2.84. The zero-order valence-corrected chi connectivity index (χ0v) is 11.7. The van der Waals surface area contributed by atoms with E-state index in [0.717, 1.165) is 12.1 Å². The molecule has 0 spiro atoms. The molecular formula is C15H14F3N3O. The highest BCUT2D eigenvalue weighted by molar-refractivity contribution is 5.99. The molecular weight excluding hydrogens is 295 g/mol. The first-order valence-electron chi connectivity index (χ1n) is 6.59. The summed E-state index contributed by atoms with van der Waals surface area (Å²) in [7, 11) is 0. The molecule has 0 radical (unpaired) electrons. The number of carbonyl (C=O) groups excluding carboxylic acids is 1. The molecule has 4 nitrogen and oxygen atoms in total. The number of nitrogens with one attached hydrogen (secondary N) is 2. The van der Waals surface area contributed by atoms with Crippen LogP contribution in [0.2, 0.25) is 0 Å². The highest BCUT2D eigenvalue weighted by Crippen LogP contribution is 2.31. The summed E-state index contributed by atoms with van der Waals surface area (Å²) in [6, 6.07) is 7.85. The standard InChI is InChI=1S/C15H14F3N3O/c1-2-19-14(22)12-7-4-8-20-13(12)21-11-6-3-5-10(9-11)15(16,17)18/h3-9H,2H2,1H3,(H,19,22)(H,20,21). The van der Waals surface area contributed by atoms with Crippen molar-refractivity contribution in [2.24, 2.45) is 0 Å². The van der Waals surface area contributed by atoms with Gasteiger partial charge in [0.25, 0.3) is 5.91 Å². The highest BCUT2D eigenvalue weighted by atomic mass is 19.4. The third-order valence-electron chi connectivity index (χ3n) is 2.84. The van der Waals surface area contributed by atoms with Gasteiger partial charge >= 0.3 is 6.18 Å². The molecule has 1 heterocycles. The fourth-order valence-electron chi connectivity index (χ4n) is 1.85. The number of nitrogens with zero attached hydrogens (tertiary/aromatic N) is 1. The fraction of sp³-hybridized carbons (Fsp3) is 0.200. The minimum absolute atomic E-state index is 0.202. The summed E-state index contributed by atoms with van der Waals surface area (Å²) in [6.45, 7) is 2.21. The maximum atomic E-state index is 12.7. The van der Waals surface area contributed by atoms with Gasteiger partial charge in [-0.05, 0) is 37.3 Å². The van der Waals surface area contributed by atoms with Gasteiger partial charge in [0.1, 0.15) is 5.82 Å². The Morgan fingerprint density at radius 2 is 2.00 bits per heavy atom. The lowest BCUT2D eigenvalue weighted by atomic mass is 10.2. The summed E-state index contributed by atoms with van der Waals surface area (Å²) in [6.07, 6.45) is -2.97. The minimum Gasteiger partial charge on any atom is -0.352 e. The van der Waals surface area contributed by atoms with Crippen LogP contribution in [0.4, 0.5) is 24.7 Å². The van der Waals surface area contributed by atoms with Crippen LogP contribution in [0.3, 0.4) is 0 Å². The molecule has 0 aliphatic carbocycles. The van der Waals surface area contributed by atoms with Gasteiger partial charge in [-0.25, -0.2) is 4.98 Å². The highest BCUT2D eigenvalue weighted by Gasteiger charge is 2.30. The SMILES string of the molecule is CCNC(=O)c1cccnc1Nc1cccc(C(F)(F)F)c1.